The summed E-state index contributed by atoms with van der Waals surface area (Å²) in [4.78, 5) is 14.9. The zero-order valence-corrected chi connectivity index (χ0v) is 18.4. The Bertz CT molecular complexity index is 1090. The second-order valence-corrected chi connectivity index (χ2v) is 9.46. The van der Waals surface area contributed by atoms with Crippen molar-refractivity contribution in [3.8, 4) is 0 Å². The van der Waals surface area contributed by atoms with Crippen LogP contribution in [0.3, 0.4) is 0 Å². The smallest absolute Gasteiger partial charge is 0.285 e. The molecule has 2 N–H and O–H groups in total. The first-order valence-electron chi connectivity index (χ1n) is 10.3. The number of fused-ring (bicyclic) bond motifs is 1. The molecule has 1 fully saturated rings. The van der Waals surface area contributed by atoms with Crippen molar-refractivity contribution in [3.63, 3.8) is 0 Å². The number of ether oxygens (including phenoxy) is 1. The van der Waals surface area contributed by atoms with Crippen molar-refractivity contribution in [1.82, 2.24) is 10.2 Å². The predicted octanol–water partition coefficient (Wildman–Crippen LogP) is 2.09. The molecular formula is C22H26N4O4S. The maximum atomic E-state index is 12.4. The molecule has 0 spiro atoms. The van der Waals surface area contributed by atoms with Gasteiger partial charge in [-0.25, -0.2) is 0 Å². The predicted molar refractivity (Wildman–Crippen MR) is 119 cm³/mol. The SMILES string of the molecule is C[C@H]1CN(CCNC(=O)c2ccc(NC3=NS(=O)(=O)c4ccccc43)cc2)C[C@H](C)O1. The van der Waals surface area contributed by atoms with E-state index in [1.807, 2.05) is 0 Å². The second kappa shape index (κ2) is 8.78. The summed E-state index contributed by atoms with van der Waals surface area (Å²) in [6.07, 6.45) is 0.400. The fourth-order valence-corrected chi connectivity index (χ4v) is 5.11. The van der Waals surface area contributed by atoms with Gasteiger partial charge in [0.2, 0.25) is 0 Å². The molecule has 31 heavy (non-hydrogen) atoms. The average molecular weight is 443 g/mol. The summed E-state index contributed by atoms with van der Waals surface area (Å²) >= 11 is 0. The van der Waals surface area contributed by atoms with Crippen LogP contribution >= 0.6 is 0 Å². The van der Waals surface area contributed by atoms with Gasteiger partial charge >= 0.3 is 0 Å². The lowest BCUT2D eigenvalue weighted by Gasteiger charge is -2.35. The zero-order chi connectivity index (χ0) is 22.0. The summed E-state index contributed by atoms with van der Waals surface area (Å²) in [6, 6.07) is 13.6. The van der Waals surface area contributed by atoms with Crippen molar-refractivity contribution in [3.05, 3.63) is 59.7 Å². The van der Waals surface area contributed by atoms with E-state index in [4.69, 9.17) is 4.74 Å². The number of benzene rings is 2. The number of nitrogens with zero attached hydrogens (tertiary/aromatic N) is 2. The molecule has 4 rings (SSSR count). The molecule has 2 aromatic carbocycles. The van der Waals surface area contributed by atoms with Crippen LogP contribution in [0, 0.1) is 0 Å². The Morgan fingerprint density at radius 2 is 1.77 bits per heavy atom. The number of hydrogen-bond acceptors (Lipinski definition) is 6. The summed E-state index contributed by atoms with van der Waals surface area (Å²) in [6.45, 7) is 7.18. The number of rotatable bonds is 5. The minimum atomic E-state index is -3.67. The third-order valence-electron chi connectivity index (χ3n) is 5.25. The Labute approximate surface area is 182 Å². The third kappa shape index (κ3) is 4.95. The molecule has 1 saturated heterocycles. The lowest BCUT2D eigenvalue weighted by molar-refractivity contribution is -0.0672. The van der Waals surface area contributed by atoms with Gasteiger partial charge in [0.15, 0.2) is 5.84 Å². The number of carbonyl (C=O) groups is 1. The molecule has 2 aliphatic heterocycles. The fourth-order valence-electron chi connectivity index (χ4n) is 3.93. The molecule has 2 atom stereocenters. The Kier molecular flexibility index (Phi) is 6.08. The molecule has 9 heteroatoms. The first kappa shape index (κ1) is 21.5. The van der Waals surface area contributed by atoms with Crippen LogP contribution in [0.5, 0.6) is 0 Å². The molecule has 2 aliphatic rings. The van der Waals surface area contributed by atoms with E-state index in [0.29, 0.717) is 23.4 Å². The summed E-state index contributed by atoms with van der Waals surface area (Å²) in [7, 11) is -3.67. The van der Waals surface area contributed by atoms with E-state index >= 15 is 0 Å². The van der Waals surface area contributed by atoms with Gasteiger partial charge in [-0.2, -0.15) is 8.42 Å². The Hall–Kier alpha value is -2.75. The van der Waals surface area contributed by atoms with E-state index < -0.39 is 10.0 Å². The van der Waals surface area contributed by atoms with Crippen LogP contribution in [-0.4, -0.2) is 63.4 Å². The van der Waals surface area contributed by atoms with E-state index in [1.54, 1.807) is 42.5 Å². The van der Waals surface area contributed by atoms with Crippen LogP contribution < -0.4 is 10.6 Å². The summed E-state index contributed by atoms with van der Waals surface area (Å²) in [5, 5.41) is 5.98. The Morgan fingerprint density at radius 1 is 1.10 bits per heavy atom. The minimum absolute atomic E-state index is 0.146. The number of sulfonamides is 1. The van der Waals surface area contributed by atoms with Crippen LogP contribution in [0.25, 0.3) is 0 Å². The van der Waals surface area contributed by atoms with E-state index in [9.17, 15) is 13.2 Å². The second-order valence-electron chi connectivity index (χ2n) is 7.89. The van der Waals surface area contributed by atoms with E-state index in [1.165, 1.54) is 6.07 Å². The van der Waals surface area contributed by atoms with Gasteiger partial charge in [0.25, 0.3) is 15.9 Å². The van der Waals surface area contributed by atoms with Gasteiger partial charge < -0.3 is 15.4 Å². The molecule has 0 radical (unpaired) electrons. The molecule has 0 unspecified atom stereocenters. The number of amides is 1. The van der Waals surface area contributed by atoms with Gasteiger partial charge in [-0.15, -0.1) is 4.40 Å². The van der Waals surface area contributed by atoms with Crippen molar-refractivity contribution >= 4 is 27.5 Å². The van der Waals surface area contributed by atoms with Crippen LogP contribution in [0.1, 0.15) is 29.8 Å². The summed E-state index contributed by atoms with van der Waals surface area (Å²) in [5.74, 6) is 0.133. The third-order valence-corrected chi connectivity index (χ3v) is 6.58. The molecule has 0 bridgehead atoms. The van der Waals surface area contributed by atoms with Crippen LogP contribution in [-0.2, 0) is 14.8 Å². The molecule has 0 aromatic heterocycles. The van der Waals surface area contributed by atoms with Crippen LogP contribution in [0.4, 0.5) is 5.69 Å². The lowest BCUT2D eigenvalue weighted by atomic mass is 10.1. The number of amidine groups is 1. The van der Waals surface area contributed by atoms with Gasteiger partial charge in [0.05, 0.1) is 12.2 Å². The topological polar surface area (TPSA) is 100 Å². The molecular weight excluding hydrogens is 416 g/mol. The van der Waals surface area contributed by atoms with Gasteiger partial charge in [-0.3, -0.25) is 9.69 Å². The van der Waals surface area contributed by atoms with Gasteiger partial charge in [-0.1, -0.05) is 12.1 Å². The van der Waals surface area contributed by atoms with Crippen molar-refractivity contribution in [2.75, 3.05) is 31.5 Å². The molecule has 8 nitrogen and oxygen atoms in total. The summed E-state index contributed by atoms with van der Waals surface area (Å²) in [5.41, 5.74) is 1.73. The average Bonchev–Trinajstić information content (AvgIpc) is 2.98. The standard InChI is InChI=1S/C22H26N4O4S/c1-15-13-26(14-16(2)30-15)12-11-23-22(27)17-7-9-18(10-8-17)24-21-19-5-3-4-6-20(19)31(28,29)25-21/h3-10,15-16H,11-14H2,1-2H3,(H,23,27)(H,24,25)/t15-,16-/m0/s1. The van der Waals surface area contributed by atoms with Gasteiger partial charge in [0.1, 0.15) is 4.90 Å². The quantitative estimate of drug-likeness (QED) is 0.736. The van der Waals surface area contributed by atoms with Gasteiger partial charge in [-0.05, 0) is 50.2 Å². The molecule has 2 heterocycles. The van der Waals surface area contributed by atoms with Crippen molar-refractivity contribution in [2.24, 2.45) is 4.40 Å². The van der Waals surface area contributed by atoms with Crippen LogP contribution in [0.15, 0.2) is 57.8 Å². The number of hydrogen-bond donors (Lipinski definition) is 2. The Balaban J connectivity index is 1.33. The molecule has 0 saturated carbocycles. The normalized spacial score (nSPS) is 22.5. The monoisotopic (exact) mass is 442 g/mol. The highest BCUT2D eigenvalue weighted by molar-refractivity contribution is 7.90. The minimum Gasteiger partial charge on any atom is -0.373 e. The fraction of sp³-hybridized carbons (Fsp3) is 0.364. The lowest BCUT2D eigenvalue weighted by Crippen LogP contribution is -2.47. The largest absolute Gasteiger partial charge is 0.373 e. The summed E-state index contributed by atoms with van der Waals surface area (Å²) < 4.78 is 33.9. The highest BCUT2D eigenvalue weighted by Gasteiger charge is 2.28. The van der Waals surface area contributed by atoms with E-state index in [0.717, 1.165) is 19.6 Å². The Morgan fingerprint density at radius 3 is 2.48 bits per heavy atom. The number of morpholine rings is 1. The molecule has 2 aromatic rings. The number of anilines is 1. The van der Waals surface area contributed by atoms with Crippen molar-refractivity contribution < 1.29 is 17.9 Å². The van der Waals surface area contributed by atoms with Crippen molar-refractivity contribution in [1.29, 1.82) is 0 Å². The highest BCUT2D eigenvalue weighted by atomic mass is 32.2. The molecule has 1 amide bonds. The number of nitrogens with one attached hydrogen (secondary N) is 2. The first-order chi connectivity index (χ1) is 14.8. The van der Waals surface area contributed by atoms with Crippen molar-refractivity contribution in [2.45, 2.75) is 31.0 Å². The zero-order valence-electron chi connectivity index (χ0n) is 17.5. The van der Waals surface area contributed by atoms with Crippen LogP contribution in [0.2, 0.25) is 0 Å². The first-order valence-corrected chi connectivity index (χ1v) is 11.7. The highest BCUT2D eigenvalue weighted by Crippen LogP contribution is 2.26. The van der Waals surface area contributed by atoms with Gasteiger partial charge in [0, 0.05) is 43.0 Å². The number of carbonyl (C=O) groups excluding carboxylic acids is 1. The maximum absolute atomic E-state index is 12.4. The van der Waals surface area contributed by atoms with E-state index in [-0.39, 0.29) is 28.8 Å². The van der Waals surface area contributed by atoms with E-state index in [2.05, 4.69) is 33.8 Å². The maximum Gasteiger partial charge on any atom is 0.285 e. The molecule has 0 aliphatic carbocycles. The molecule has 164 valence electrons.